The Bertz CT molecular complexity index is 123. The van der Waals surface area contributed by atoms with Crippen LogP contribution in [0.15, 0.2) is 0 Å². The first-order valence-corrected chi connectivity index (χ1v) is 4.54. The molecular weight excluding hydrogens is 136 g/mol. The van der Waals surface area contributed by atoms with Gasteiger partial charge in [-0.2, -0.15) is 0 Å². The van der Waals surface area contributed by atoms with E-state index in [0.29, 0.717) is 6.04 Å². The van der Waals surface area contributed by atoms with Crippen molar-refractivity contribution < 1.29 is 0 Å². The van der Waals surface area contributed by atoms with Gasteiger partial charge in [0.1, 0.15) is 0 Å². The van der Waals surface area contributed by atoms with Crippen molar-refractivity contribution in [1.82, 2.24) is 10.2 Å². The molecule has 0 saturated carbocycles. The third-order valence-corrected chi connectivity index (χ3v) is 2.81. The highest BCUT2D eigenvalue weighted by molar-refractivity contribution is 4.91. The Morgan fingerprint density at radius 1 is 1.45 bits per heavy atom. The van der Waals surface area contributed by atoms with Crippen molar-refractivity contribution in [2.45, 2.75) is 32.4 Å². The summed E-state index contributed by atoms with van der Waals surface area (Å²) in [5.74, 6) is 0.743. The van der Waals surface area contributed by atoms with Gasteiger partial charge in [0, 0.05) is 12.1 Å². The number of hydrogen-bond donors (Lipinski definition) is 1. The zero-order valence-corrected chi connectivity index (χ0v) is 8.09. The molecule has 1 fully saturated rings. The lowest BCUT2D eigenvalue weighted by molar-refractivity contribution is 0.0755. The first-order chi connectivity index (χ1) is 5.16. The Morgan fingerprint density at radius 2 is 2.09 bits per heavy atom. The van der Waals surface area contributed by atoms with Crippen LogP contribution in [0.5, 0.6) is 0 Å². The predicted octanol–water partition coefficient (Wildman–Crippen LogP) is 0.934. The van der Waals surface area contributed by atoms with Crippen LogP contribution in [0.2, 0.25) is 0 Å². The fourth-order valence-electron chi connectivity index (χ4n) is 1.96. The van der Waals surface area contributed by atoms with Crippen LogP contribution >= 0.6 is 0 Å². The monoisotopic (exact) mass is 156 g/mol. The second-order valence-corrected chi connectivity index (χ2v) is 3.90. The molecule has 1 N–H and O–H groups in total. The molecule has 0 aromatic heterocycles. The van der Waals surface area contributed by atoms with Crippen LogP contribution in [0.3, 0.4) is 0 Å². The van der Waals surface area contributed by atoms with Crippen molar-refractivity contribution >= 4 is 0 Å². The van der Waals surface area contributed by atoms with Crippen molar-refractivity contribution in [3.63, 3.8) is 0 Å². The summed E-state index contributed by atoms with van der Waals surface area (Å²) in [4.78, 5) is 2.43. The van der Waals surface area contributed by atoms with E-state index in [4.69, 9.17) is 0 Å². The highest BCUT2D eigenvalue weighted by atomic mass is 15.2. The SMILES string of the molecule is CNC(C(C)C)C1CCN1C. The Kier molecular flexibility index (Phi) is 2.90. The smallest absolute Gasteiger partial charge is 0.0260 e. The lowest BCUT2D eigenvalue weighted by Gasteiger charge is -2.44. The van der Waals surface area contributed by atoms with Gasteiger partial charge < -0.3 is 10.2 Å². The van der Waals surface area contributed by atoms with Crippen LogP contribution in [-0.4, -0.2) is 37.6 Å². The molecule has 11 heavy (non-hydrogen) atoms. The van der Waals surface area contributed by atoms with Crippen molar-refractivity contribution in [2.75, 3.05) is 20.6 Å². The maximum absolute atomic E-state index is 3.39. The molecule has 0 aromatic rings. The van der Waals surface area contributed by atoms with E-state index >= 15 is 0 Å². The van der Waals surface area contributed by atoms with Crippen molar-refractivity contribution in [2.24, 2.45) is 5.92 Å². The number of nitrogens with one attached hydrogen (secondary N) is 1. The highest BCUT2D eigenvalue weighted by Gasteiger charge is 2.32. The predicted molar refractivity (Wildman–Crippen MR) is 48.7 cm³/mol. The van der Waals surface area contributed by atoms with Crippen molar-refractivity contribution in [3.8, 4) is 0 Å². The summed E-state index contributed by atoms with van der Waals surface area (Å²) in [6.45, 7) is 5.84. The molecule has 0 bridgehead atoms. The summed E-state index contributed by atoms with van der Waals surface area (Å²) in [6, 6.07) is 1.45. The van der Waals surface area contributed by atoms with Crippen molar-refractivity contribution in [1.29, 1.82) is 0 Å². The molecule has 2 heteroatoms. The van der Waals surface area contributed by atoms with Gasteiger partial charge in [-0.05, 0) is 33.0 Å². The summed E-state index contributed by atoms with van der Waals surface area (Å²) in [6.07, 6.45) is 1.36. The molecule has 1 aliphatic heterocycles. The molecule has 1 saturated heterocycles. The molecule has 2 unspecified atom stereocenters. The van der Waals surface area contributed by atoms with E-state index in [9.17, 15) is 0 Å². The third kappa shape index (κ3) is 1.74. The van der Waals surface area contributed by atoms with E-state index in [1.54, 1.807) is 0 Å². The molecule has 0 aromatic carbocycles. The zero-order chi connectivity index (χ0) is 8.43. The number of rotatable bonds is 3. The van der Waals surface area contributed by atoms with Gasteiger partial charge in [0.15, 0.2) is 0 Å². The Morgan fingerprint density at radius 3 is 2.18 bits per heavy atom. The third-order valence-electron chi connectivity index (χ3n) is 2.81. The minimum Gasteiger partial charge on any atom is -0.315 e. The van der Waals surface area contributed by atoms with E-state index in [1.807, 2.05) is 0 Å². The Labute approximate surface area is 70.0 Å². The number of hydrogen-bond acceptors (Lipinski definition) is 2. The summed E-state index contributed by atoms with van der Waals surface area (Å²) >= 11 is 0. The van der Waals surface area contributed by atoms with Gasteiger partial charge in [0.25, 0.3) is 0 Å². The fourth-order valence-corrected chi connectivity index (χ4v) is 1.96. The van der Waals surface area contributed by atoms with E-state index in [2.05, 4.69) is 38.2 Å². The van der Waals surface area contributed by atoms with Gasteiger partial charge in [-0.15, -0.1) is 0 Å². The van der Waals surface area contributed by atoms with Crippen LogP contribution in [0.1, 0.15) is 20.3 Å². The quantitative estimate of drug-likeness (QED) is 0.654. The summed E-state index contributed by atoms with van der Waals surface area (Å²) in [7, 11) is 4.28. The van der Waals surface area contributed by atoms with E-state index < -0.39 is 0 Å². The van der Waals surface area contributed by atoms with E-state index in [0.717, 1.165) is 12.0 Å². The fraction of sp³-hybridized carbons (Fsp3) is 1.00. The minimum absolute atomic E-state index is 0.675. The standard InChI is InChI=1S/C9H20N2/c1-7(2)9(10-3)8-5-6-11(8)4/h7-10H,5-6H2,1-4H3. The zero-order valence-electron chi connectivity index (χ0n) is 8.09. The molecule has 2 nitrogen and oxygen atoms in total. The average Bonchev–Trinajstić information content (AvgIpc) is 1.96. The van der Waals surface area contributed by atoms with Gasteiger partial charge in [-0.3, -0.25) is 0 Å². The number of nitrogens with zero attached hydrogens (tertiary/aromatic N) is 1. The van der Waals surface area contributed by atoms with Gasteiger partial charge in [-0.1, -0.05) is 13.8 Å². The summed E-state index contributed by atoms with van der Waals surface area (Å²) in [5.41, 5.74) is 0. The molecule has 2 atom stereocenters. The number of likely N-dealkylation sites (tertiary alicyclic amines) is 1. The normalized spacial score (nSPS) is 28.6. The average molecular weight is 156 g/mol. The van der Waals surface area contributed by atoms with Crippen LogP contribution in [-0.2, 0) is 0 Å². The molecule has 66 valence electrons. The summed E-state index contributed by atoms with van der Waals surface area (Å²) < 4.78 is 0. The van der Waals surface area contributed by atoms with Gasteiger partial charge in [0.2, 0.25) is 0 Å². The van der Waals surface area contributed by atoms with Crippen molar-refractivity contribution in [3.05, 3.63) is 0 Å². The van der Waals surface area contributed by atoms with Gasteiger partial charge in [0.05, 0.1) is 0 Å². The van der Waals surface area contributed by atoms with Crippen LogP contribution < -0.4 is 5.32 Å². The van der Waals surface area contributed by atoms with E-state index in [-0.39, 0.29) is 0 Å². The van der Waals surface area contributed by atoms with Crippen LogP contribution in [0.25, 0.3) is 0 Å². The number of likely N-dealkylation sites (N-methyl/N-ethyl adjacent to an activating group) is 2. The van der Waals surface area contributed by atoms with Gasteiger partial charge >= 0.3 is 0 Å². The highest BCUT2D eigenvalue weighted by Crippen LogP contribution is 2.21. The second kappa shape index (κ2) is 3.55. The maximum Gasteiger partial charge on any atom is 0.0260 e. The largest absolute Gasteiger partial charge is 0.315 e. The maximum atomic E-state index is 3.39. The molecule has 0 amide bonds. The molecule has 1 rings (SSSR count). The van der Waals surface area contributed by atoms with Crippen LogP contribution in [0, 0.1) is 5.92 Å². The van der Waals surface area contributed by atoms with Gasteiger partial charge in [-0.25, -0.2) is 0 Å². The van der Waals surface area contributed by atoms with E-state index in [1.165, 1.54) is 13.0 Å². The molecular formula is C9H20N2. The topological polar surface area (TPSA) is 15.3 Å². The second-order valence-electron chi connectivity index (χ2n) is 3.90. The molecule has 1 heterocycles. The minimum atomic E-state index is 0.675. The Hall–Kier alpha value is -0.0800. The first-order valence-electron chi connectivity index (χ1n) is 4.54. The summed E-state index contributed by atoms with van der Waals surface area (Å²) in [5, 5.41) is 3.39. The molecule has 1 aliphatic rings. The Balaban J connectivity index is 2.41. The van der Waals surface area contributed by atoms with Crippen LogP contribution in [0.4, 0.5) is 0 Å². The first kappa shape index (κ1) is 9.01. The lowest BCUT2D eigenvalue weighted by atomic mass is 9.88. The lowest BCUT2D eigenvalue weighted by Crippen LogP contribution is -2.57. The molecule has 0 spiro atoms. The molecule has 0 radical (unpaired) electrons. The molecule has 0 aliphatic carbocycles.